The Morgan fingerprint density at radius 1 is 1.10 bits per heavy atom. The Bertz CT molecular complexity index is 830. The molecule has 0 atom stereocenters. The normalized spacial score (nSPS) is 10.7. The highest BCUT2D eigenvalue weighted by Gasteiger charge is 2.11. The van der Waals surface area contributed by atoms with Crippen LogP contribution < -0.4 is 20.1 Å². The molecule has 2 aromatic carbocycles. The van der Waals surface area contributed by atoms with Gasteiger partial charge < -0.3 is 20.1 Å². The molecule has 8 nitrogen and oxygen atoms in total. The zero-order valence-electron chi connectivity index (χ0n) is 16.8. The molecule has 2 aromatic rings. The Morgan fingerprint density at radius 3 is 2.48 bits per heavy atom. The number of nitro benzene ring substituents is 1. The number of nitro groups is 1. The van der Waals surface area contributed by atoms with Gasteiger partial charge in [0, 0.05) is 19.2 Å². The van der Waals surface area contributed by atoms with Crippen molar-refractivity contribution in [1.82, 2.24) is 10.6 Å². The molecule has 0 bridgehead atoms. The van der Waals surface area contributed by atoms with Gasteiger partial charge in [0.05, 0.1) is 31.3 Å². The maximum absolute atomic E-state index is 11.1. The van der Waals surface area contributed by atoms with Crippen LogP contribution in [0.15, 0.2) is 47.5 Å². The molecule has 0 aliphatic rings. The molecule has 0 aliphatic heterocycles. The van der Waals surface area contributed by atoms with Gasteiger partial charge in [0.2, 0.25) is 0 Å². The molecule has 29 heavy (non-hydrogen) atoms. The molecule has 0 spiro atoms. The second-order valence-electron chi connectivity index (χ2n) is 5.95. The highest BCUT2D eigenvalue weighted by atomic mass is 127. The van der Waals surface area contributed by atoms with Crippen molar-refractivity contribution in [2.75, 3.05) is 27.3 Å². The van der Waals surface area contributed by atoms with Crippen LogP contribution in [-0.4, -0.2) is 38.2 Å². The van der Waals surface area contributed by atoms with E-state index in [0.717, 1.165) is 12.0 Å². The van der Waals surface area contributed by atoms with E-state index in [0.29, 0.717) is 36.1 Å². The predicted octanol–water partition coefficient (Wildman–Crippen LogP) is 3.53. The first-order valence-electron chi connectivity index (χ1n) is 9.04. The van der Waals surface area contributed by atoms with Crippen LogP contribution in [0, 0.1) is 10.1 Å². The molecule has 2 N–H and O–H groups in total. The summed E-state index contributed by atoms with van der Waals surface area (Å²) in [5, 5.41) is 17.5. The van der Waals surface area contributed by atoms with Crippen LogP contribution in [0.1, 0.15) is 18.1 Å². The molecule has 2 rings (SSSR count). The molecular weight excluding hydrogens is 487 g/mol. The number of nitrogens with one attached hydrogen (secondary N) is 2. The predicted molar refractivity (Wildman–Crippen MR) is 125 cm³/mol. The van der Waals surface area contributed by atoms with E-state index in [4.69, 9.17) is 9.47 Å². The fourth-order valence-corrected chi connectivity index (χ4v) is 2.69. The van der Waals surface area contributed by atoms with Crippen molar-refractivity contribution in [3.63, 3.8) is 0 Å². The molecular formula is C20H27IN4O4. The van der Waals surface area contributed by atoms with Crippen molar-refractivity contribution in [2.24, 2.45) is 4.99 Å². The largest absolute Gasteiger partial charge is 0.493 e. The Labute approximate surface area is 187 Å². The van der Waals surface area contributed by atoms with Crippen LogP contribution in [0.25, 0.3) is 0 Å². The van der Waals surface area contributed by atoms with Crippen molar-refractivity contribution in [2.45, 2.75) is 19.9 Å². The van der Waals surface area contributed by atoms with Crippen molar-refractivity contribution in [3.05, 3.63) is 63.7 Å². The van der Waals surface area contributed by atoms with E-state index < -0.39 is 0 Å². The Hall–Kier alpha value is -2.56. The molecule has 0 radical (unpaired) electrons. The lowest BCUT2D eigenvalue weighted by Gasteiger charge is -2.13. The van der Waals surface area contributed by atoms with Crippen LogP contribution in [0.5, 0.6) is 11.5 Å². The minimum absolute atomic E-state index is 0. The first kappa shape index (κ1) is 24.5. The minimum Gasteiger partial charge on any atom is -0.493 e. The molecule has 0 fully saturated rings. The molecule has 0 saturated carbocycles. The van der Waals surface area contributed by atoms with Gasteiger partial charge in [0.25, 0.3) is 5.69 Å². The van der Waals surface area contributed by atoms with E-state index in [1.165, 1.54) is 6.07 Å². The lowest BCUT2D eigenvalue weighted by atomic mass is 10.1. The standard InChI is InChI=1S/C20H26N4O4.HI/c1-4-21-20(23-14-16-7-5-6-8-17(16)24(25)26)22-12-11-15-9-10-18(27-2)19(13-15)28-3;/h5-10,13H,4,11-12,14H2,1-3H3,(H2,21,22,23);1H. The summed E-state index contributed by atoms with van der Waals surface area (Å²) in [6, 6.07) is 12.4. The smallest absolute Gasteiger partial charge is 0.274 e. The topological polar surface area (TPSA) is 98.0 Å². The quantitative estimate of drug-likeness (QED) is 0.175. The molecule has 0 aromatic heterocycles. The number of benzene rings is 2. The van der Waals surface area contributed by atoms with E-state index in [2.05, 4.69) is 15.6 Å². The zero-order chi connectivity index (χ0) is 20.4. The third kappa shape index (κ3) is 7.41. The molecule has 0 unspecified atom stereocenters. The van der Waals surface area contributed by atoms with Gasteiger partial charge in [-0.15, -0.1) is 24.0 Å². The summed E-state index contributed by atoms with van der Waals surface area (Å²) in [5.41, 5.74) is 1.75. The number of ether oxygens (including phenoxy) is 2. The third-order valence-corrected chi connectivity index (χ3v) is 4.09. The average Bonchev–Trinajstić information content (AvgIpc) is 2.71. The average molecular weight is 514 g/mol. The Balaban J connectivity index is 0.00000420. The van der Waals surface area contributed by atoms with Crippen LogP contribution in [0.4, 0.5) is 5.69 Å². The lowest BCUT2D eigenvalue weighted by Crippen LogP contribution is -2.38. The van der Waals surface area contributed by atoms with Gasteiger partial charge in [-0.3, -0.25) is 10.1 Å². The summed E-state index contributed by atoms with van der Waals surface area (Å²) in [6.07, 6.45) is 0.760. The summed E-state index contributed by atoms with van der Waals surface area (Å²) < 4.78 is 10.6. The third-order valence-electron chi connectivity index (χ3n) is 4.09. The highest BCUT2D eigenvalue weighted by Crippen LogP contribution is 2.27. The first-order chi connectivity index (χ1) is 13.6. The highest BCUT2D eigenvalue weighted by molar-refractivity contribution is 14.0. The van der Waals surface area contributed by atoms with Crippen LogP contribution in [-0.2, 0) is 13.0 Å². The van der Waals surface area contributed by atoms with Gasteiger partial charge in [0.1, 0.15) is 0 Å². The van der Waals surface area contributed by atoms with E-state index >= 15 is 0 Å². The molecule has 0 saturated heterocycles. The maximum atomic E-state index is 11.1. The fourth-order valence-electron chi connectivity index (χ4n) is 2.69. The van der Waals surface area contributed by atoms with Crippen LogP contribution in [0.2, 0.25) is 0 Å². The number of hydrogen-bond acceptors (Lipinski definition) is 5. The van der Waals surface area contributed by atoms with E-state index in [1.54, 1.807) is 32.4 Å². The number of aliphatic imine (C=N–C) groups is 1. The SMILES string of the molecule is CCNC(=NCc1ccccc1[N+](=O)[O-])NCCc1ccc(OC)c(OC)c1.I. The molecule has 9 heteroatoms. The second kappa shape index (κ2) is 12.8. The number of methoxy groups -OCH3 is 2. The van der Waals surface area contributed by atoms with Gasteiger partial charge in [-0.25, -0.2) is 4.99 Å². The van der Waals surface area contributed by atoms with Crippen molar-refractivity contribution in [3.8, 4) is 11.5 Å². The maximum Gasteiger partial charge on any atom is 0.274 e. The zero-order valence-corrected chi connectivity index (χ0v) is 19.1. The van der Waals surface area contributed by atoms with Crippen molar-refractivity contribution >= 4 is 35.6 Å². The van der Waals surface area contributed by atoms with Crippen molar-refractivity contribution < 1.29 is 14.4 Å². The lowest BCUT2D eigenvalue weighted by molar-refractivity contribution is -0.385. The molecule has 0 aliphatic carbocycles. The fraction of sp³-hybridized carbons (Fsp3) is 0.350. The minimum atomic E-state index is -0.387. The summed E-state index contributed by atoms with van der Waals surface area (Å²) >= 11 is 0. The van der Waals surface area contributed by atoms with Gasteiger partial charge in [-0.1, -0.05) is 24.3 Å². The van der Waals surface area contributed by atoms with Gasteiger partial charge in [0.15, 0.2) is 17.5 Å². The van der Waals surface area contributed by atoms with Gasteiger partial charge in [-0.2, -0.15) is 0 Å². The van der Waals surface area contributed by atoms with Crippen molar-refractivity contribution in [1.29, 1.82) is 0 Å². The Kier molecular flexibility index (Phi) is 10.8. The van der Waals surface area contributed by atoms with Crippen LogP contribution >= 0.6 is 24.0 Å². The number of guanidine groups is 1. The summed E-state index contributed by atoms with van der Waals surface area (Å²) in [6.45, 7) is 3.54. The van der Waals surface area contributed by atoms with E-state index in [9.17, 15) is 10.1 Å². The summed E-state index contributed by atoms with van der Waals surface area (Å²) in [5.74, 6) is 2.00. The number of hydrogen-bond donors (Lipinski definition) is 2. The van der Waals surface area contributed by atoms with Gasteiger partial charge >= 0.3 is 0 Å². The van der Waals surface area contributed by atoms with E-state index in [-0.39, 0.29) is 41.1 Å². The second-order valence-corrected chi connectivity index (χ2v) is 5.95. The molecule has 0 amide bonds. The Morgan fingerprint density at radius 2 is 1.83 bits per heavy atom. The van der Waals surface area contributed by atoms with Gasteiger partial charge in [-0.05, 0) is 31.0 Å². The van der Waals surface area contributed by atoms with Crippen LogP contribution in [0.3, 0.4) is 0 Å². The first-order valence-corrected chi connectivity index (χ1v) is 9.04. The number of nitrogens with zero attached hydrogens (tertiary/aromatic N) is 2. The molecule has 158 valence electrons. The number of para-hydroxylation sites is 1. The monoisotopic (exact) mass is 514 g/mol. The summed E-state index contributed by atoms with van der Waals surface area (Å²) in [7, 11) is 3.22. The van der Waals surface area contributed by atoms with E-state index in [1.807, 2.05) is 25.1 Å². The molecule has 0 heterocycles. The number of halogens is 1. The summed E-state index contributed by atoms with van der Waals surface area (Å²) in [4.78, 5) is 15.2. The number of rotatable bonds is 9.